The van der Waals surface area contributed by atoms with Crippen LogP contribution < -0.4 is 5.32 Å². The van der Waals surface area contributed by atoms with Gasteiger partial charge in [-0.15, -0.1) is 0 Å². The van der Waals surface area contributed by atoms with Crippen molar-refractivity contribution in [3.05, 3.63) is 0 Å². The van der Waals surface area contributed by atoms with Crippen LogP contribution in [0.5, 0.6) is 0 Å². The first-order chi connectivity index (χ1) is 6.39. The monoisotopic (exact) mass is 217 g/mol. The molecule has 0 aromatic carbocycles. The lowest BCUT2D eigenvalue weighted by atomic mass is 9.67. The Morgan fingerprint density at radius 1 is 1.29 bits per heavy atom. The molecule has 0 spiro atoms. The maximum Gasteiger partial charge on any atom is 0.151 e. The van der Waals surface area contributed by atoms with Gasteiger partial charge in [-0.05, 0) is 24.7 Å². The van der Waals surface area contributed by atoms with Gasteiger partial charge in [0.25, 0.3) is 0 Å². The Labute approximate surface area is 86.2 Å². The highest BCUT2D eigenvalue weighted by Crippen LogP contribution is 2.40. The van der Waals surface area contributed by atoms with Gasteiger partial charge in [0.05, 0.1) is 11.5 Å². The van der Waals surface area contributed by atoms with E-state index in [0.29, 0.717) is 23.0 Å². The maximum absolute atomic E-state index is 11.3. The molecule has 0 radical (unpaired) electrons. The number of hydrogen-bond donors (Lipinski definition) is 1. The van der Waals surface area contributed by atoms with Gasteiger partial charge in [0.2, 0.25) is 0 Å². The predicted molar refractivity (Wildman–Crippen MR) is 57.0 cm³/mol. The summed E-state index contributed by atoms with van der Waals surface area (Å²) in [5, 5.41) is 3.48. The summed E-state index contributed by atoms with van der Waals surface area (Å²) in [6.07, 6.45) is 3.25. The van der Waals surface area contributed by atoms with Gasteiger partial charge in [0.1, 0.15) is 0 Å². The van der Waals surface area contributed by atoms with Gasteiger partial charge in [-0.25, -0.2) is 8.42 Å². The smallest absolute Gasteiger partial charge is 0.151 e. The second-order valence-corrected chi connectivity index (χ2v) is 7.58. The molecular formula is C10H19NO2S. The van der Waals surface area contributed by atoms with E-state index in [-0.39, 0.29) is 6.04 Å². The Morgan fingerprint density at radius 3 is 2.36 bits per heavy atom. The van der Waals surface area contributed by atoms with E-state index in [1.807, 2.05) is 0 Å². The summed E-state index contributed by atoms with van der Waals surface area (Å²) in [5.41, 5.74) is 0.367. The van der Waals surface area contributed by atoms with Crippen LogP contribution in [0.2, 0.25) is 0 Å². The largest absolute Gasteiger partial charge is 0.310 e. The van der Waals surface area contributed by atoms with Gasteiger partial charge in [-0.1, -0.05) is 13.8 Å². The number of nitrogens with one attached hydrogen (secondary N) is 1. The molecule has 0 aromatic rings. The van der Waals surface area contributed by atoms with Crippen LogP contribution >= 0.6 is 0 Å². The molecule has 2 fully saturated rings. The molecule has 3 nitrogen and oxygen atoms in total. The Bertz CT molecular complexity index is 321. The van der Waals surface area contributed by atoms with Crippen molar-refractivity contribution in [1.82, 2.24) is 5.32 Å². The van der Waals surface area contributed by atoms with Crippen LogP contribution in [0.1, 0.15) is 33.1 Å². The van der Waals surface area contributed by atoms with Crippen molar-refractivity contribution in [3.63, 3.8) is 0 Å². The Hall–Kier alpha value is -0.0900. The lowest BCUT2D eigenvalue weighted by Crippen LogP contribution is -2.53. The molecule has 2 aliphatic rings. The van der Waals surface area contributed by atoms with E-state index in [1.54, 1.807) is 0 Å². The third-order valence-corrected chi connectivity index (χ3v) is 5.46. The lowest BCUT2D eigenvalue weighted by molar-refractivity contribution is 0.101. The highest BCUT2D eigenvalue weighted by Gasteiger charge is 2.40. The summed E-state index contributed by atoms with van der Waals surface area (Å²) in [4.78, 5) is 0. The Balaban J connectivity index is 1.88. The van der Waals surface area contributed by atoms with Crippen molar-refractivity contribution in [2.75, 3.05) is 11.5 Å². The zero-order chi connectivity index (χ0) is 10.4. The third kappa shape index (κ3) is 1.96. The van der Waals surface area contributed by atoms with Crippen molar-refractivity contribution >= 4 is 9.84 Å². The zero-order valence-electron chi connectivity index (χ0n) is 8.91. The summed E-state index contributed by atoms with van der Waals surface area (Å²) < 4.78 is 22.5. The molecule has 1 aliphatic heterocycles. The van der Waals surface area contributed by atoms with E-state index in [1.165, 1.54) is 12.8 Å². The van der Waals surface area contributed by atoms with Crippen LogP contribution in [0, 0.1) is 5.41 Å². The highest BCUT2D eigenvalue weighted by molar-refractivity contribution is 7.91. The summed E-state index contributed by atoms with van der Waals surface area (Å²) in [6.45, 7) is 4.50. The van der Waals surface area contributed by atoms with Gasteiger partial charge in [-0.3, -0.25) is 0 Å². The molecule has 1 heterocycles. The highest BCUT2D eigenvalue weighted by atomic mass is 32.2. The van der Waals surface area contributed by atoms with Crippen LogP contribution in [0.25, 0.3) is 0 Å². The van der Waals surface area contributed by atoms with Gasteiger partial charge in [0.15, 0.2) is 9.84 Å². The molecule has 2 rings (SSSR count). The fourth-order valence-corrected chi connectivity index (χ4v) is 4.07. The SMILES string of the molecule is CC1(C)CCC1NC1CCS(=O)(=O)C1. The van der Waals surface area contributed by atoms with Gasteiger partial charge in [0, 0.05) is 12.1 Å². The molecule has 2 unspecified atom stereocenters. The number of hydrogen-bond acceptors (Lipinski definition) is 3. The third-order valence-electron chi connectivity index (χ3n) is 3.69. The van der Waals surface area contributed by atoms with E-state index in [0.717, 1.165) is 6.42 Å². The maximum atomic E-state index is 11.3. The molecule has 0 amide bonds. The normalized spacial score (nSPS) is 39.3. The van der Waals surface area contributed by atoms with E-state index < -0.39 is 9.84 Å². The lowest BCUT2D eigenvalue weighted by Gasteiger charge is -2.46. The average Bonchev–Trinajstić information content (AvgIpc) is 2.40. The second kappa shape index (κ2) is 3.20. The van der Waals surface area contributed by atoms with Crippen molar-refractivity contribution in [3.8, 4) is 0 Å². The molecule has 1 aliphatic carbocycles. The van der Waals surface area contributed by atoms with Crippen molar-refractivity contribution in [1.29, 1.82) is 0 Å². The summed E-state index contributed by atoms with van der Waals surface area (Å²) >= 11 is 0. The van der Waals surface area contributed by atoms with Crippen molar-refractivity contribution in [2.45, 2.75) is 45.2 Å². The van der Waals surface area contributed by atoms with Crippen LogP contribution in [-0.4, -0.2) is 32.0 Å². The van der Waals surface area contributed by atoms with Crippen LogP contribution in [0.15, 0.2) is 0 Å². The fourth-order valence-electron chi connectivity index (χ4n) is 2.39. The molecular weight excluding hydrogens is 198 g/mol. The summed E-state index contributed by atoms with van der Waals surface area (Å²) in [6, 6.07) is 0.741. The Kier molecular flexibility index (Phi) is 2.39. The molecule has 4 heteroatoms. The number of rotatable bonds is 2. The standard InChI is InChI=1S/C10H19NO2S/c1-10(2)5-3-9(10)11-8-4-6-14(12,13)7-8/h8-9,11H,3-7H2,1-2H3. The minimum atomic E-state index is -2.72. The average molecular weight is 217 g/mol. The molecule has 82 valence electrons. The van der Waals surface area contributed by atoms with Crippen molar-refractivity contribution < 1.29 is 8.42 Å². The number of sulfone groups is 1. The van der Waals surface area contributed by atoms with Gasteiger partial charge >= 0.3 is 0 Å². The summed E-state index contributed by atoms with van der Waals surface area (Å²) in [5.74, 6) is 0.720. The molecule has 14 heavy (non-hydrogen) atoms. The van der Waals surface area contributed by atoms with Crippen molar-refractivity contribution in [2.24, 2.45) is 5.41 Å². The molecule has 2 atom stereocenters. The fraction of sp³-hybridized carbons (Fsp3) is 1.00. The van der Waals surface area contributed by atoms with E-state index >= 15 is 0 Å². The van der Waals surface area contributed by atoms with Crippen LogP contribution in [0.3, 0.4) is 0 Å². The molecule has 1 saturated carbocycles. The first-order valence-corrected chi connectivity index (χ1v) is 7.18. The summed E-state index contributed by atoms with van der Waals surface area (Å²) in [7, 11) is -2.72. The molecule has 1 N–H and O–H groups in total. The molecule has 0 aromatic heterocycles. The first-order valence-electron chi connectivity index (χ1n) is 5.36. The predicted octanol–water partition coefficient (Wildman–Crippen LogP) is 0.952. The minimum absolute atomic E-state index is 0.213. The topological polar surface area (TPSA) is 46.2 Å². The zero-order valence-corrected chi connectivity index (χ0v) is 9.73. The van der Waals surface area contributed by atoms with E-state index in [9.17, 15) is 8.42 Å². The minimum Gasteiger partial charge on any atom is -0.310 e. The first kappa shape index (κ1) is 10.4. The quantitative estimate of drug-likeness (QED) is 0.749. The molecule has 1 saturated heterocycles. The van der Waals surface area contributed by atoms with Crippen LogP contribution in [-0.2, 0) is 9.84 Å². The second-order valence-electron chi connectivity index (χ2n) is 5.35. The van der Waals surface area contributed by atoms with Gasteiger partial charge in [-0.2, -0.15) is 0 Å². The molecule has 0 bridgehead atoms. The van der Waals surface area contributed by atoms with E-state index in [4.69, 9.17) is 0 Å². The Morgan fingerprint density at radius 2 is 2.00 bits per heavy atom. The van der Waals surface area contributed by atoms with Crippen LogP contribution in [0.4, 0.5) is 0 Å². The van der Waals surface area contributed by atoms with Gasteiger partial charge < -0.3 is 5.32 Å². The van der Waals surface area contributed by atoms with E-state index in [2.05, 4.69) is 19.2 Å².